The number of anilines is 1. The molecule has 0 aromatic carbocycles. The van der Waals surface area contributed by atoms with E-state index in [9.17, 15) is 5.11 Å². The Balaban J connectivity index is 1.59. The van der Waals surface area contributed by atoms with Crippen molar-refractivity contribution in [2.24, 2.45) is 5.92 Å². The molecule has 1 fully saturated rings. The lowest BCUT2D eigenvalue weighted by molar-refractivity contribution is 0.473. The fraction of sp³-hybridized carbons (Fsp3) is 0.312. The van der Waals surface area contributed by atoms with Crippen molar-refractivity contribution in [2.45, 2.75) is 13.3 Å². The Hall–Kier alpha value is -3.03. The first kappa shape index (κ1) is 14.6. The number of aromatic hydroxyl groups is 1. The van der Waals surface area contributed by atoms with E-state index in [1.807, 2.05) is 12.1 Å². The van der Waals surface area contributed by atoms with Gasteiger partial charge < -0.3 is 10.0 Å². The highest BCUT2D eigenvalue weighted by molar-refractivity contribution is 5.64. The molecule has 0 amide bonds. The van der Waals surface area contributed by atoms with Crippen molar-refractivity contribution in [1.82, 2.24) is 30.2 Å². The molecule has 1 atom stereocenters. The molecule has 8 heteroatoms. The average Bonchev–Trinajstić information content (AvgIpc) is 3.27. The Labute approximate surface area is 138 Å². The summed E-state index contributed by atoms with van der Waals surface area (Å²) in [6.07, 6.45) is 5.89. The lowest BCUT2D eigenvalue weighted by Crippen LogP contribution is -2.20. The minimum absolute atomic E-state index is 0.0154. The molecule has 1 aliphatic rings. The van der Waals surface area contributed by atoms with Crippen molar-refractivity contribution in [3.05, 3.63) is 36.8 Å². The van der Waals surface area contributed by atoms with E-state index in [4.69, 9.17) is 0 Å². The van der Waals surface area contributed by atoms with Crippen LogP contribution in [0.3, 0.4) is 0 Å². The zero-order valence-corrected chi connectivity index (χ0v) is 13.2. The van der Waals surface area contributed by atoms with Crippen molar-refractivity contribution in [3.63, 3.8) is 0 Å². The summed E-state index contributed by atoms with van der Waals surface area (Å²) in [5.74, 6) is 1.56. The maximum absolute atomic E-state index is 10.2. The lowest BCUT2D eigenvalue weighted by atomic mass is 10.2. The first-order chi connectivity index (χ1) is 11.7. The zero-order chi connectivity index (χ0) is 16.5. The molecule has 1 aliphatic heterocycles. The summed E-state index contributed by atoms with van der Waals surface area (Å²) in [5.41, 5.74) is 1.50. The molecule has 0 saturated carbocycles. The Morgan fingerprint density at radius 3 is 2.62 bits per heavy atom. The van der Waals surface area contributed by atoms with Gasteiger partial charge in [0.1, 0.15) is 22.8 Å². The highest BCUT2D eigenvalue weighted by Crippen LogP contribution is 2.28. The molecule has 0 radical (unpaired) electrons. The van der Waals surface area contributed by atoms with Gasteiger partial charge in [0, 0.05) is 19.2 Å². The van der Waals surface area contributed by atoms with Crippen molar-refractivity contribution in [3.8, 4) is 22.8 Å². The third-order valence-corrected chi connectivity index (χ3v) is 4.14. The van der Waals surface area contributed by atoms with E-state index in [1.54, 1.807) is 24.7 Å². The average molecular weight is 323 g/mol. The molecule has 0 spiro atoms. The number of hydrogen-bond acceptors (Lipinski definition) is 7. The van der Waals surface area contributed by atoms with Crippen LogP contribution >= 0.6 is 0 Å². The summed E-state index contributed by atoms with van der Waals surface area (Å²) in [5, 5.41) is 26.8. The van der Waals surface area contributed by atoms with Gasteiger partial charge in [-0.1, -0.05) is 6.92 Å². The first-order valence-corrected chi connectivity index (χ1v) is 7.85. The standard InChI is InChI=1S/C16H17N7O/c1-11-4-7-22(10-11)15-3-2-13(20-21-15)16-14(24)8-12(9-17-16)23-18-5-6-19-23/h2-3,5-6,8-9,11,24H,4,7,10H2,1H3/t11-/m1/s1. The SMILES string of the molecule is C[C@@H]1CCN(c2ccc(-c3ncc(-n4nccn4)cc3O)nn2)C1. The fourth-order valence-corrected chi connectivity index (χ4v) is 2.86. The number of pyridine rings is 1. The lowest BCUT2D eigenvalue weighted by Gasteiger charge is -2.16. The van der Waals surface area contributed by atoms with Crippen LogP contribution in [0.1, 0.15) is 13.3 Å². The highest BCUT2D eigenvalue weighted by atomic mass is 16.3. The van der Waals surface area contributed by atoms with Crippen LogP contribution in [0.4, 0.5) is 5.82 Å². The van der Waals surface area contributed by atoms with Gasteiger partial charge in [-0.3, -0.25) is 0 Å². The highest BCUT2D eigenvalue weighted by Gasteiger charge is 2.20. The molecular weight excluding hydrogens is 306 g/mol. The third-order valence-electron chi connectivity index (χ3n) is 4.14. The summed E-state index contributed by atoms with van der Waals surface area (Å²) in [6, 6.07) is 5.31. The third kappa shape index (κ3) is 2.66. The first-order valence-electron chi connectivity index (χ1n) is 7.85. The van der Waals surface area contributed by atoms with Crippen molar-refractivity contribution < 1.29 is 5.11 Å². The summed E-state index contributed by atoms with van der Waals surface area (Å²) >= 11 is 0. The van der Waals surface area contributed by atoms with Crippen molar-refractivity contribution in [2.75, 3.05) is 18.0 Å². The van der Waals surface area contributed by atoms with Crippen molar-refractivity contribution >= 4 is 5.82 Å². The van der Waals surface area contributed by atoms with Gasteiger partial charge in [-0.25, -0.2) is 4.98 Å². The van der Waals surface area contributed by atoms with Gasteiger partial charge in [0.25, 0.3) is 0 Å². The van der Waals surface area contributed by atoms with E-state index in [0.29, 0.717) is 23.0 Å². The maximum Gasteiger partial charge on any atom is 0.151 e. The minimum Gasteiger partial charge on any atom is -0.506 e. The molecule has 122 valence electrons. The largest absolute Gasteiger partial charge is 0.506 e. The van der Waals surface area contributed by atoms with E-state index < -0.39 is 0 Å². The quantitative estimate of drug-likeness (QED) is 0.783. The minimum atomic E-state index is 0.0154. The van der Waals surface area contributed by atoms with Crippen LogP contribution in [0.15, 0.2) is 36.8 Å². The Kier molecular flexibility index (Phi) is 3.56. The van der Waals surface area contributed by atoms with E-state index >= 15 is 0 Å². The summed E-state index contributed by atoms with van der Waals surface area (Å²) in [6.45, 7) is 4.24. The molecule has 4 heterocycles. The molecule has 3 aromatic rings. The monoisotopic (exact) mass is 323 g/mol. The molecule has 0 aliphatic carbocycles. The molecule has 1 saturated heterocycles. The van der Waals surface area contributed by atoms with Gasteiger partial charge >= 0.3 is 0 Å². The predicted molar refractivity (Wildman–Crippen MR) is 87.8 cm³/mol. The second-order valence-electron chi connectivity index (χ2n) is 6.00. The van der Waals surface area contributed by atoms with E-state index in [-0.39, 0.29) is 5.75 Å². The van der Waals surface area contributed by atoms with Crippen LogP contribution in [0.2, 0.25) is 0 Å². The Bertz CT molecular complexity index is 832. The molecular formula is C16H17N7O. The van der Waals surface area contributed by atoms with E-state index in [2.05, 4.69) is 37.2 Å². The topological polar surface area (TPSA) is 92.9 Å². The van der Waals surface area contributed by atoms with Gasteiger partial charge in [-0.15, -0.1) is 15.0 Å². The maximum atomic E-state index is 10.2. The van der Waals surface area contributed by atoms with Crippen LogP contribution in [0, 0.1) is 5.92 Å². The smallest absolute Gasteiger partial charge is 0.151 e. The Morgan fingerprint density at radius 1 is 1.17 bits per heavy atom. The van der Waals surface area contributed by atoms with Gasteiger partial charge in [0.05, 0.1) is 18.6 Å². The molecule has 24 heavy (non-hydrogen) atoms. The summed E-state index contributed by atoms with van der Waals surface area (Å²) in [4.78, 5) is 7.89. The number of nitrogens with zero attached hydrogens (tertiary/aromatic N) is 7. The van der Waals surface area contributed by atoms with Crippen LogP contribution in [0.25, 0.3) is 17.1 Å². The van der Waals surface area contributed by atoms with Gasteiger partial charge in [0.15, 0.2) is 5.82 Å². The summed E-state index contributed by atoms with van der Waals surface area (Å²) in [7, 11) is 0. The normalized spacial score (nSPS) is 17.4. The number of rotatable bonds is 3. The van der Waals surface area contributed by atoms with Crippen LogP contribution in [0.5, 0.6) is 5.75 Å². The fourth-order valence-electron chi connectivity index (χ4n) is 2.86. The van der Waals surface area contributed by atoms with E-state index in [0.717, 1.165) is 18.9 Å². The Morgan fingerprint density at radius 2 is 2.00 bits per heavy atom. The van der Waals surface area contributed by atoms with Crippen LogP contribution < -0.4 is 4.90 Å². The number of aromatic nitrogens is 6. The van der Waals surface area contributed by atoms with Gasteiger partial charge in [-0.05, 0) is 24.5 Å². The molecule has 8 nitrogen and oxygen atoms in total. The van der Waals surface area contributed by atoms with Crippen molar-refractivity contribution in [1.29, 1.82) is 0 Å². The van der Waals surface area contributed by atoms with E-state index in [1.165, 1.54) is 11.2 Å². The molecule has 0 unspecified atom stereocenters. The molecule has 0 bridgehead atoms. The summed E-state index contributed by atoms with van der Waals surface area (Å²) < 4.78 is 0. The molecule has 1 N–H and O–H groups in total. The van der Waals surface area contributed by atoms with Crippen LogP contribution in [-0.4, -0.2) is 48.4 Å². The molecule has 3 aromatic heterocycles. The predicted octanol–water partition coefficient (Wildman–Crippen LogP) is 1.67. The van der Waals surface area contributed by atoms with Crippen LogP contribution in [-0.2, 0) is 0 Å². The van der Waals surface area contributed by atoms with Gasteiger partial charge in [-0.2, -0.15) is 10.2 Å². The number of hydrogen-bond donors (Lipinski definition) is 1. The molecule has 4 rings (SSSR count). The second-order valence-corrected chi connectivity index (χ2v) is 6.00. The van der Waals surface area contributed by atoms with Gasteiger partial charge in [0.2, 0.25) is 0 Å². The zero-order valence-electron chi connectivity index (χ0n) is 13.2. The second kappa shape index (κ2) is 5.88.